The minimum absolute atomic E-state index is 0.493. The van der Waals surface area contributed by atoms with E-state index in [1.807, 2.05) is 41.1 Å². The normalized spacial score (nSPS) is 11.8. The third-order valence-corrected chi connectivity index (χ3v) is 3.85. The number of aromatic nitrogens is 3. The molecule has 0 spiro atoms. The highest BCUT2D eigenvalue weighted by Crippen LogP contribution is 2.22. The molecule has 26 heavy (non-hydrogen) atoms. The van der Waals surface area contributed by atoms with Gasteiger partial charge in [-0.2, -0.15) is 0 Å². The van der Waals surface area contributed by atoms with Crippen LogP contribution in [-0.4, -0.2) is 33.5 Å². The molecular weight excluding hydrogens is 330 g/mol. The highest BCUT2D eigenvalue weighted by Gasteiger charge is 2.12. The number of methoxy groups -OCH3 is 1. The number of aliphatic hydroxyl groups excluding tert-OH is 1. The summed E-state index contributed by atoms with van der Waals surface area (Å²) in [5, 5.41) is 13.8. The average Bonchev–Trinajstić information content (AvgIpc) is 3.29. The molecule has 6 nitrogen and oxygen atoms in total. The Morgan fingerprint density at radius 3 is 2.85 bits per heavy atom. The van der Waals surface area contributed by atoms with E-state index in [-0.39, 0.29) is 0 Å². The van der Waals surface area contributed by atoms with Crippen molar-refractivity contribution >= 4 is 0 Å². The molecular formula is C20H21N3O3. The topological polar surface area (TPSA) is 73.3 Å². The molecule has 0 aliphatic rings. The molecule has 2 aromatic heterocycles. The van der Waals surface area contributed by atoms with E-state index in [2.05, 4.69) is 22.0 Å². The van der Waals surface area contributed by atoms with Gasteiger partial charge in [0, 0.05) is 43.1 Å². The fourth-order valence-corrected chi connectivity index (χ4v) is 2.55. The molecule has 1 unspecified atom stereocenters. The summed E-state index contributed by atoms with van der Waals surface area (Å²) in [6, 6.07) is 9.73. The molecule has 1 N–H and O–H groups in total. The molecule has 0 amide bonds. The van der Waals surface area contributed by atoms with Gasteiger partial charge in [0.1, 0.15) is 17.6 Å². The lowest BCUT2D eigenvalue weighted by Gasteiger charge is -2.07. The van der Waals surface area contributed by atoms with Gasteiger partial charge in [0.05, 0.1) is 13.2 Å². The van der Waals surface area contributed by atoms with E-state index in [1.165, 1.54) is 0 Å². The molecule has 2 heterocycles. The Labute approximate surface area is 152 Å². The second-order valence-corrected chi connectivity index (χ2v) is 5.89. The monoisotopic (exact) mass is 351 g/mol. The van der Waals surface area contributed by atoms with Crippen LogP contribution in [0.25, 0.3) is 11.3 Å². The van der Waals surface area contributed by atoms with Gasteiger partial charge in [-0.25, -0.2) is 4.98 Å². The molecule has 0 saturated carbocycles. The zero-order chi connectivity index (χ0) is 18.4. The van der Waals surface area contributed by atoms with Crippen molar-refractivity contribution in [2.75, 3.05) is 13.7 Å². The SMILES string of the molecule is COCCC#Cc1ccc(-c2cc(Cn3ccnc3C(C)O)no2)cc1. The number of rotatable bonds is 6. The van der Waals surface area contributed by atoms with Crippen molar-refractivity contribution in [1.82, 2.24) is 14.7 Å². The first-order valence-corrected chi connectivity index (χ1v) is 8.40. The Balaban J connectivity index is 1.69. The molecule has 0 bridgehead atoms. The van der Waals surface area contributed by atoms with Crippen molar-refractivity contribution in [3.8, 4) is 23.2 Å². The van der Waals surface area contributed by atoms with Crippen LogP contribution in [-0.2, 0) is 11.3 Å². The molecule has 1 atom stereocenters. The highest BCUT2D eigenvalue weighted by molar-refractivity contribution is 5.59. The molecule has 0 fully saturated rings. The van der Waals surface area contributed by atoms with Gasteiger partial charge in [0.15, 0.2) is 5.76 Å². The molecule has 134 valence electrons. The van der Waals surface area contributed by atoms with E-state index in [0.717, 1.165) is 16.8 Å². The molecule has 0 aliphatic carbocycles. The van der Waals surface area contributed by atoms with Crippen LogP contribution in [0.2, 0.25) is 0 Å². The molecule has 0 radical (unpaired) electrons. The Hall–Kier alpha value is -2.88. The number of ether oxygens (including phenoxy) is 1. The molecule has 0 aliphatic heterocycles. The van der Waals surface area contributed by atoms with E-state index >= 15 is 0 Å². The molecule has 1 aromatic carbocycles. The summed E-state index contributed by atoms with van der Waals surface area (Å²) in [5.41, 5.74) is 2.65. The van der Waals surface area contributed by atoms with E-state index in [0.29, 0.717) is 31.2 Å². The first kappa shape index (κ1) is 17.9. The first-order valence-electron chi connectivity index (χ1n) is 8.40. The predicted molar refractivity (Wildman–Crippen MR) is 97.3 cm³/mol. The minimum atomic E-state index is -0.631. The summed E-state index contributed by atoms with van der Waals surface area (Å²) < 4.78 is 12.3. The standard InChI is InChI=1S/C20H21N3O3/c1-15(24)20-21-10-11-23(20)14-18-13-19(26-22-18)17-8-6-16(7-9-17)5-3-4-12-25-2/h6-11,13,15,24H,4,12,14H2,1-2H3. The fraction of sp³-hybridized carbons (Fsp3) is 0.300. The fourth-order valence-electron chi connectivity index (χ4n) is 2.55. The zero-order valence-corrected chi connectivity index (χ0v) is 14.8. The smallest absolute Gasteiger partial charge is 0.167 e. The van der Waals surface area contributed by atoms with Gasteiger partial charge in [0.25, 0.3) is 0 Å². The lowest BCUT2D eigenvalue weighted by Crippen LogP contribution is -2.07. The van der Waals surface area contributed by atoms with Crippen LogP contribution in [0.15, 0.2) is 47.2 Å². The van der Waals surface area contributed by atoms with Crippen LogP contribution < -0.4 is 0 Å². The Morgan fingerprint density at radius 2 is 2.12 bits per heavy atom. The summed E-state index contributed by atoms with van der Waals surface area (Å²) in [4.78, 5) is 4.16. The Morgan fingerprint density at radius 1 is 1.31 bits per heavy atom. The predicted octanol–water partition coefficient (Wildman–Crippen LogP) is 3.03. The van der Waals surface area contributed by atoms with Gasteiger partial charge in [0.2, 0.25) is 0 Å². The largest absolute Gasteiger partial charge is 0.385 e. The highest BCUT2D eigenvalue weighted by atomic mass is 16.5. The summed E-state index contributed by atoms with van der Waals surface area (Å²) >= 11 is 0. The third kappa shape index (κ3) is 4.39. The Bertz CT molecular complexity index is 898. The van der Waals surface area contributed by atoms with Crippen LogP contribution in [0.4, 0.5) is 0 Å². The molecule has 3 rings (SSSR count). The first-order chi connectivity index (χ1) is 12.7. The van der Waals surface area contributed by atoms with Gasteiger partial charge >= 0.3 is 0 Å². The van der Waals surface area contributed by atoms with Crippen molar-refractivity contribution in [2.45, 2.75) is 26.0 Å². The van der Waals surface area contributed by atoms with E-state index in [1.54, 1.807) is 20.2 Å². The molecule has 3 aromatic rings. The van der Waals surface area contributed by atoms with Crippen LogP contribution in [0, 0.1) is 11.8 Å². The lowest BCUT2D eigenvalue weighted by molar-refractivity contribution is 0.184. The van der Waals surface area contributed by atoms with Crippen molar-refractivity contribution < 1.29 is 14.4 Å². The second-order valence-electron chi connectivity index (χ2n) is 5.89. The van der Waals surface area contributed by atoms with Crippen LogP contribution in [0.3, 0.4) is 0 Å². The summed E-state index contributed by atoms with van der Waals surface area (Å²) in [6.45, 7) is 2.82. The number of hydrogen-bond donors (Lipinski definition) is 1. The van der Waals surface area contributed by atoms with Gasteiger partial charge < -0.3 is 18.9 Å². The summed E-state index contributed by atoms with van der Waals surface area (Å²) in [7, 11) is 1.67. The maximum atomic E-state index is 9.73. The Kier molecular flexibility index (Phi) is 5.84. The van der Waals surface area contributed by atoms with Crippen LogP contribution in [0.5, 0.6) is 0 Å². The van der Waals surface area contributed by atoms with E-state index < -0.39 is 6.10 Å². The summed E-state index contributed by atoms with van der Waals surface area (Å²) in [6.07, 6.45) is 3.56. The quantitative estimate of drug-likeness (QED) is 0.546. The average molecular weight is 351 g/mol. The van der Waals surface area contributed by atoms with Crippen molar-refractivity contribution in [3.05, 3.63) is 59.8 Å². The van der Waals surface area contributed by atoms with Gasteiger partial charge in [-0.1, -0.05) is 17.0 Å². The lowest BCUT2D eigenvalue weighted by atomic mass is 10.1. The van der Waals surface area contributed by atoms with E-state index in [4.69, 9.17) is 9.26 Å². The van der Waals surface area contributed by atoms with Crippen molar-refractivity contribution in [3.63, 3.8) is 0 Å². The van der Waals surface area contributed by atoms with E-state index in [9.17, 15) is 5.11 Å². The number of benzene rings is 1. The molecule has 0 saturated heterocycles. The van der Waals surface area contributed by atoms with Gasteiger partial charge in [-0.3, -0.25) is 0 Å². The number of nitrogens with zero attached hydrogens (tertiary/aromatic N) is 3. The summed E-state index contributed by atoms with van der Waals surface area (Å²) in [5.74, 6) is 7.46. The number of hydrogen-bond acceptors (Lipinski definition) is 5. The third-order valence-electron chi connectivity index (χ3n) is 3.85. The number of imidazole rings is 1. The van der Waals surface area contributed by atoms with Crippen molar-refractivity contribution in [1.29, 1.82) is 0 Å². The van der Waals surface area contributed by atoms with Gasteiger partial charge in [-0.15, -0.1) is 0 Å². The maximum Gasteiger partial charge on any atom is 0.167 e. The van der Waals surface area contributed by atoms with Crippen LogP contribution in [0.1, 0.15) is 36.5 Å². The number of aliphatic hydroxyl groups is 1. The molecule has 6 heteroatoms. The van der Waals surface area contributed by atoms with Crippen LogP contribution >= 0.6 is 0 Å². The maximum absolute atomic E-state index is 9.73. The second kappa shape index (κ2) is 8.48. The zero-order valence-electron chi connectivity index (χ0n) is 14.8. The van der Waals surface area contributed by atoms with Gasteiger partial charge in [-0.05, 0) is 31.2 Å². The van der Waals surface area contributed by atoms with Crippen molar-refractivity contribution in [2.24, 2.45) is 0 Å². The minimum Gasteiger partial charge on any atom is -0.385 e.